The molecule has 0 saturated carbocycles. The number of piperidine rings is 1. The topological polar surface area (TPSA) is 172 Å². The normalized spacial score (nSPS) is 24.4. The number of allylic oxidation sites excluding steroid dienone is 1. The van der Waals surface area contributed by atoms with Gasteiger partial charge < -0.3 is 43.6 Å². The van der Waals surface area contributed by atoms with E-state index in [1.807, 2.05) is 19.9 Å². The van der Waals surface area contributed by atoms with Gasteiger partial charge in [0, 0.05) is 73.6 Å². The van der Waals surface area contributed by atoms with Crippen LogP contribution in [0.2, 0.25) is 5.02 Å². The van der Waals surface area contributed by atoms with Crippen molar-refractivity contribution in [1.29, 1.82) is 0 Å². The molecule has 2 N–H and O–H groups in total. The summed E-state index contributed by atoms with van der Waals surface area (Å²) in [5, 5.41) is 15.4. The van der Waals surface area contributed by atoms with Gasteiger partial charge in [0.05, 0.1) is 14.2 Å². The van der Waals surface area contributed by atoms with Crippen LogP contribution in [0, 0.1) is 17.8 Å². The van der Waals surface area contributed by atoms with E-state index in [0.717, 1.165) is 12.1 Å². The number of nitrogens with zero attached hydrogens (tertiary/aromatic N) is 2. The predicted octanol–water partition coefficient (Wildman–Crippen LogP) is 5.33. The number of ketones is 2. The first kappa shape index (κ1) is 39.3. The van der Waals surface area contributed by atoms with Crippen LogP contribution in [-0.4, -0.2) is 83.7 Å². The van der Waals surface area contributed by atoms with Crippen molar-refractivity contribution in [3.05, 3.63) is 86.0 Å². The molecule has 1 saturated heterocycles. The minimum atomic E-state index is -2.08. The van der Waals surface area contributed by atoms with E-state index in [9.17, 15) is 29.1 Å². The number of hydrogen-bond donors (Lipinski definition) is 2. The Labute approximate surface area is 340 Å². The van der Waals surface area contributed by atoms with Gasteiger partial charge in [0.15, 0.2) is 28.8 Å². The van der Waals surface area contributed by atoms with Crippen LogP contribution >= 0.6 is 11.6 Å². The second-order valence-corrected chi connectivity index (χ2v) is 16.4. The third kappa shape index (κ3) is 6.27. The molecule has 2 unspecified atom stereocenters. The molecule has 2 amide bonds. The number of hydrogen-bond acceptors (Lipinski definition) is 11. The molecule has 4 aliphatic heterocycles. The van der Waals surface area contributed by atoms with Crippen molar-refractivity contribution in [3.63, 3.8) is 0 Å². The first-order chi connectivity index (χ1) is 27.8. The highest BCUT2D eigenvalue weighted by Crippen LogP contribution is 2.56. The van der Waals surface area contributed by atoms with Crippen LogP contribution in [-0.2, 0) is 20.9 Å². The van der Waals surface area contributed by atoms with E-state index >= 15 is 0 Å². The Kier molecular flexibility index (Phi) is 10.2. The van der Waals surface area contributed by atoms with Gasteiger partial charge in [-0.1, -0.05) is 50.9 Å². The number of aliphatic hydroxyl groups excluding tert-OH is 1. The van der Waals surface area contributed by atoms with Gasteiger partial charge in [-0.25, -0.2) is 0 Å². The second kappa shape index (κ2) is 15.0. The standard InChI is InChI=1S/C43H46ClN3O11/c1-6-21(2)38(42(53)46-17-23-13-25(19-46)27-8-7-9-34(50)47(27)18-23)45-33(49)15-26(24-10-11-29-30(14-24)57-20-56-29)35-28(48)12-22(3)43(40(35)51)41(52)36-31(54-4)16-32(55-5)37(44)39(36)58-43/h7-11,14,16,21-23,25-26,38,51H,6,12-13,15,17-20H2,1-5H3,(H,45,49)/t21?,22-,23-,25+,26?,38+,43+/m1/s1. The zero-order valence-electron chi connectivity index (χ0n) is 33.0. The van der Waals surface area contributed by atoms with Crippen molar-refractivity contribution in [2.75, 3.05) is 34.1 Å². The highest BCUT2D eigenvalue weighted by molar-refractivity contribution is 6.35. The van der Waals surface area contributed by atoms with E-state index < -0.39 is 46.7 Å². The molecule has 3 aromatic rings. The number of rotatable bonds is 10. The number of aliphatic hydroxyl groups is 1. The number of likely N-dealkylation sites (tertiary alicyclic amines) is 1. The number of Topliss-reactive ketones (excluding diaryl/α,β-unsaturated/α-hetero) is 2. The summed E-state index contributed by atoms with van der Waals surface area (Å²) in [6, 6.07) is 10.8. The lowest BCUT2D eigenvalue weighted by Gasteiger charge is -2.44. The Hall–Kier alpha value is -5.50. The minimum absolute atomic E-state index is 0.00918. The molecule has 2 bridgehead atoms. The monoisotopic (exact) mass is 815 g/mol. The van der Waals surface area contributed by atoms with Gasteiger partial charge in [-0.05, 0) is 42.0 Å². The molecular formula is C43H46ClN3O11. The number of carbonyl (C=O) groups excluding carboxylic acids is 4. The molecule has 5 aliphatic rings. The van der Waals surface area contributed by atoms with Gasteiger partial charge >= 0.3 is 0 Å². The van der Waals surface area contributed by atoms with Crippen LogP contribution in [0.5, 0.6) is 28.7 Å². The summed E-state index contributed by atoms with van der Waals surface area (Å²) in [5.74, 6) is -3.64. The second-order valence-electron chi connectivity index (χ2n) is 16.0. The number of nitrogens with one attached hydrogen (secondary N) is 1. The lowest BCUT2D eigenvalue weighted by atomic mass is 9.69. The maximum absolute atomic E-state index is 14.6. The van der Waals surface area contributed by atoms with Gasteiger partial charge in [0.1, 0.15) is 28.1 Å². The quantitative estimate of drug-likeness (QED) is 0.271. The fraction of sp³-hybridized carbons (Fsp3) is 0.465. The average Bonchev–Trinajstić information content (AvgIpc) is 3.82. The summed E-state index contributed by atoms with van der Waals surface area (Å²) in [4.78, 5) is 72.1. The summed E-state index contributed by atoms with van der Waals surface area (Å²) in [5.41, 5.74) is -0.982. The van der Waals surface area contributed by atoms with Crippen LogP contribution in [0.25, 0.3) is 0 Å². The van der Waals surface area contributed by atoms with E-state index in [2.05, 4.69) is 5.32 Å². The zero-order valence-corrected chi connectivity index (χ0v) is 33.7. The third-order valence-corrected chi connectivity index (χ3v) is 13.0. The number of ether oxygens (including phenoxy) is 5. The Balaban J connectivity index is 1.14. The smallest absolute Gasteiger partial charge is 0.250 e. The Morgan fingerprint density at radius 1 is 1.03 bits per heavy atom. The molecule has 8 rings (SSSR count). The van der Waals surface area contributed by atoms with E-state index in [0.29, 0.717) is 43.1 Å². The van der Waals surface area contributed by atoms with Crippen LogP contribution < -0.4 is 34.6 Å². The van der Waals surface area contributed by atoms with Gasteiger partial charge in [0.25, 0.3) is 5.56 Å². The number of pyridine rings is 1. The summed E-state index contributed by atoms with van der Waals surface area (Å²) in [7, 11) is 2.78. The molecule has 1 spiro atoms. The molecule has 0 radical (unpaired) electrons. The van der Waals surface area contributed by atoms with Crippen LogP contribution in [0.1, 0.15) is 79.9 Å². The maximum Gasteiger partial charge on any atom is 0.250 e. The number of halogens is 1. The molecule has 15 heteroatoms. The Morgan fingerprint density at radius 3 is 2.53 bits per heavy atom. The van der Waals surface area contributed by atoms with E-state index in [1.54, 1.807) is 46.7 Å². The lowest BCUT2D eigenvalue weighted by molar-refractivity contribution is -0.140. The van der Waals surface area contributed by atoms with Crippen molar-refractivity contribution in [2.24, 2.45) is 17.8 Å². The number of methoxy groups -OCH3 is 2. The van der Waals surface area contributed by atoms with Gasteiger partial charge in [-0.3, -0.25) is 24.0 Å². The Bertz CT molecular complexity index is 2320. The van der Waals surface area contributed by atoms with Crippen LogP contribution in [0.3, 0.4) is 0 Å². The van der Waals surface area contributed by atoms with Gasteiger partial charge in [0.2, 0.25) is 30.0 Å². The fourth-order valence-electron chi connectivity index (χ4n) is 9.43. The number of carbonyl (C=O) groups is 4. The number of fused-ring (bicyclic) bond motifs is 6. The third-order valence-electron chi connectivity index (χ3n) is 12.6. The van der Waals surface area contributed by atoms with Crippen molar-refractivity contribution in [1.82, 2.24) is 14.8 Å². The minimum Gasteiger partial charge on any atom is -0.507 e. The van der Waals surface area contributed by atoms with E-state index in [4.69, 9.17) is 35.3 Å². The summed E-state index contributed by atoms with van der Waals surface area (Å²) in [6.45, 7) is 6.82. The number of benzene rings is 2. The molecule has 14 nitrogen and oxygen atoms in total. The van der Waals surface area contributed by atoms with Gasteiger partial charge in [-0.2, -0.15) is 0 Å². The zero-order chi connectivity index (χ0) is 41.2. The summed E-state index contributed by atoms with van der Waals surface area (Å²) in [6.07, 6.45) is 0.861. The highest BCUT2D eigenvalue weighted by Gasteiger charge is 2.61. The Morgan fingerprint density at radius 2 is 1.79 bits per heavy atom. The average molecular weight is 816 g/mol. The first-order valence-corrected chi connectivity index (χ1v) is 20.0. The van der Waals surface area contributed by atoms with Crippen molar-refractivity contribution < 1.29 is 48.0 Å². The molecule has 5 heterocycles. The molecule has 7 atom stereocenters. The van der Waals surface area contributed by atoms with Crippen LogP contribution in [0.4, 0.5) is 0 Å². The van der Waals surface area contributed by atoms with Crippen molar-refractivity contribution >= 4 is 35.0 Å². The molecule has 306 valence electrons. The maximum atomic E-state index is 14.6. The van der Waals surface area contributed by atoms with E-state index in [-0.39, 0.29) is 82.3 Å². The molecule has 58 heavy (non-hydrogen) atoms. The SMILES string of the molecule is CCC(C)[C@H](NC(=O)CC(C1=C(O)[C@@]2(Oc3c(Cl)c(OC)cc(OC)c3C2=O)[C@H](C)CC1=O)c1ccc2c(c1)OCO2)C(=O)N1C[C@H]2C[C@@H](C1)c1cccc(=O)n1C2. The molecule has 1 aliphatic carbocycles. The van der Waals surface area contributed by atoms with Crippen LogP contribution in [0.15, 0.2) is 58.6 Å². The molecule has 1 fully saturated rings. The fourth-order valence-corrected chi connectivity index (χ4v) is 9.69. The number of amides is 2. The first-order valence-electron chi connectivity index (χ1n) is 19.6. The molecule has 2 aromatic carbocycles. The van der Waals surface area contributed by atoms with Crippen molar-refractivity contribution in [3.8, 4) is 28.7 Å². The van der Waals surface area contributed by atoms with E-state index in [1.165, 1.54) is 20.3 Å². The molecule has 1 aromatic heterocycles. The van der Waals surface area contributed by atoms with Crippen molar-refractivity contribution in [2.45, 2.75) is 76.5 Å². The lowest BCUT2D eigenvalue weighted by Crippen LogP contribution is -2.56. The molecular weight excluding hydrogens is 770 g/mol. The highest BCUT2D eigenvalue weighted by atomic mass is 35.5. The summed E-state index contributed by atoms with van der Waals surface area (Å²) >= 11 is 6.67. The largest absolute Gasteiger partial charge is 0.507 e. The summed E-state index contributed by atoms with van der Waals surface area (Å²) < 4.78 is 30.3. The predicted molar refractivity (Wildman–Crippen MR) is 210 cm³/mol. The number of aromatic nitrogens is 1. The van der Waals surface area contributed by atoms with Gasteiger partial charge in [-0.15, -0.1) is 0 Å².